The highest BCUT2D eigenvalue weighted by atomic mass is 79.9. The number of hydrogen-bond acceptors (Lipinski definition) is 3. The van der Waals surface area contributed by atoms with Gasteiger partial charge in [-0.3, -0.25) is 0 Å². The fourth-order valence-corrected chi connectivity index (χ4v) is 1.56. The lowest BCUT2D eigenvalue weighted by Crippen LogP contribution is -2.23. The summed E-state index contributed by atoms with van der Waals surface area (Å²) >= 11 is 8.70. The Labute approximate surface area is 82.3 Å². The van der Waals surface area contributed by atoms with E-state index in [1.807, 2.05) is 0 Å². The van der Waals surface area contributed by atoms with Crippen molar-refractivity contribution in [1.82, 2.24) is 0 Å². The highest BCUT2D eigenvalue weighted by molar-refractivity contribution is 9.10. The van der Waals surface area contributed by atoms with Crippen LogP contribution in [0.3, 0.4) is 0 Å². The van der Waals surface area contributed by atoms with E-state index in [1.165, 1.54) is 12.1 Å². The topological polar surface area (TPSA) is 66.2 Å². The average Bonchev–Trinajstić information content (AvgIpc) is 1.96. The summed E-state index contributed by atoms with van der Waals surface area (Å²) in [7, 11) is 0. The second-order valence-electron chi connectivity index (χ2n) is 2.14. The summed E-state index contributed by atoms with van der Waals surface area (Å²) in [5.74, 6) is -1.34. The predicted octanol–water partition coefficient (Wildman–Crippen LogP) is 1.05. The molecule has 12 heavy (non-hydrogen) atoms. The van der Waals surface area contributed by atoms with Crippen molar-refractivity contribution in [3.05, 3.63) is 27.2 Å². The molecule has 0 aliphatic carbocycles. The Kier molecular flexibility index (Phi) is 2.59. The molecular weight excluding hydrogens is 245 g/mol. The third-order valence-corrected chi connectivity index (χ3v) is 2.08. The molecule has 0 saturated heterocycles. The summed E-state index contributed by atoms with van der Waals surface area (Å²) in [4.78, 5) is 10.5. The molecule has 2 N–H and O–H groups in total. The third-order valence-electron chi connectivity index (χ3n) is 1.31. The normalized spacial score (nSPS) is 9.83. The molecule has 0 radical (unpaired) electrons. The Hall–Kier alpha value is -0.740. The van der Waals surface area contributed by atoms with Gasteiger partial charge in [0.25, 0.3) is 0 Å². The first-order valence-corrected chi connectivity index (χ1v) is 4.15. The van der Waals surface area contributed by atoms with Crippen molar-refractivity contribution in [2.75, 3.05) is 5.73 Å². The van der Waals surface area contributed by atoms with Crippen LogP contribution < -0.4 is 10.8 Å². The van der Waals surface area contributed by atoms with Crippen molar-refractivity contribution in [3.8, 4) is 0 Å². The molecule has 0 aliphatic heterocycles. The summed E-state index contributed by atoms with van der Waals surface area (Å²) in [5, 5.41) is 10.7. The number of nitrogen functional groups attached to an aromatic ring is 1. The SMILES string of the molecule is Nc1c(Cl)cc(Br)cc1C(=O)[O-]. The standard InChI is InChI=1S/C7H5BrClNO2/c8-3-1-4(7(11)12)6(10)5(9)2-3/h1-2H,10H2,(H,11,12)/p-1. The van der Waals surface area contributed by atoms with Crippen molar-refractivity contribution in [2.45, 2.75) is 0 Å². The molecule has 0 saturated carbocycles. The lowest BCUT2D eigenvalue weighted by atomic mass is 10.2. The van der Waals surface area contributed by atoms with Gasteiger partial charge in [-0.1, -0.05) is 27.5 Å². The summed E-state index contributed by atoms with van der Waals surface area (Å²) in [5.41, 5.74) is 5.30. The maximum absolute atomic E-state index is 10.5. The molecule has 1 aromatic carbocycles. The van der Waals surface area contributed by atoms with Crippen LogP contribution in [0.2, 0.25) is 5.02 Å². The number of halogens is 2. The Morgan fingerprint density at radius 2 is 2.17 bits per heavy atom. The van der Waals surface area contributed by atoms with Gasteiger partial charge in [0.2, 0.25) is 0 Å². The van der Waals surface area contributed by atoms with E-state index < -0.39 is 5.97 Å². The molecule has 0 bridgehead atoms. The molecule has 0 unspecified atom stereocenters. The summed E-state index contributed by atoms with van der Waals surface area (Å²) < 4.78 is 0.556. The first kappa shape index (κ1) is 9.35. The first-order chi connectivity index (χ1) is 5.52. The van der Waals surface area contributed by atoms with Gasteiger partial charge in [-0.05, 0) is 12.1 Å². The van der Waals surface area contributed by atoms with Gasteiger partial charge in [0, 0.05) is 10.0 Å². The summed E-state index contributed by atoms with van der Waals surface area (Å²) in [6.45, 7) is 0. The molecule has 64 valence electrons. The van der Waals surface area contributed by atoms with Crippen molar-refractivity contribution in [2.24, 2.45) is 0 Å². The second kappa shape index (κ2) is 3.33. The zero-order valence-electron chi connectivity index (χ0n) is 5.80. The van der Waals surface area contributed by atoms with Gasteiger partial charge in [0.05, 0.1) is 16.7 Å². The van der Waals surface area contributed by atoms with Crippen LogP contribution in [-0.2, 0) is 0 Å². The number of rotatable bonds is 1. The van der Waals surface area contributed by atoms with Crippen molar-refractivity contribution in [1.29, 1.82) is 0 Å². The van der Waals surface area contributed by atoms with Crippen LogP contribution in [0.15, 0.2) is 16.6 Å². The van der Waals surface area contributed by atoms with Crippen molar-refractivity contribution >= 4 is 39.2 Å². The molecule has 0 spiro atoms. The number of benzene rings is 1. The van der Waals surface area contributed by atoms with Crippen LogP contribution in [-0.4, -0.2) is 5.97 Å². The summed E-state index contributed by atoms with van der Waals surface area (Å²) in [6.07, 6.45) is 0. The van der Waals surface area contributed by atoms with Gasteiger partial charge in [-0.25, -0.2) is 0 Å². The maximum atomic E-state index is 10.5. The fourth-order valence-electron chi connectivity index (χ4n) is 0.754. The van der Waals surface area contributed by atoms with Gasteiger partial charge in [0.1, 0.15) is 0 Å². The average molecular weight is 249 g/mol. The number of carboxylic acids is 1. The Bertz CT molecular complexity index is 340. The molecule has 0 heterocycles. The lowest BCUT2D eigenvalue weighted by Gasteiger charge is -2.08. The highest BCUT2D eigenvalue weighted by Gasteiger charge is 2.05. The summed E-state index contributed by atoms with van der Waals surface area (Å²) in [6, 6.07) is 2.86. The molecule has 0 amide bonds. The van der Waals surface area contributed by atoms with Gasteiger partial charge in [-0.15, -0.1) is 0 Å². The number of anilines is 1. The van der Waals surface area contributed by atoms with E-state index in [0.29, 0.717) is 4.47 Å². The van der Waals surface area contributed by atoms with E-state index in [4.69, 9.17) is 17.3 Å². The van der Waals surface area contributed by atoms with Crippen molar-refractivity contribution < 1.29 is 9.90 Å². The molecule has 1 rings (SSSR count). The molecule has 0 aliphatic rings. The highest BCUT2D eigenvalue weighted by Crippen LogP contribution is 2.27. The molecule has 0 fully saturated rings. The van der Waals surface area contributed by atoms with Crippen LogP contribution in [0.5, 0.6) is 0 Å². The number of nitrogens with two attached hydrogens (primary N) is 1. The molecular formula is C7H4BrClNO2-. The third kappa shape index (κ3) is 1.70. The van der Waals surface area contributed by atoms with Crippen LogP contribution >= 0.6 is 27.5 Å². The first-order valence-electron chi connectivity index (χ1n) is 2.98. The van der Waals surface area contributed by atoms with Gasteiger partial charge in [-0.2, -0.15) is 0 Å². The molecule has 1 aromatic rings. The van der Waals surface area contributed by atoms with Crippen LogP contribution in [0.4, 0.5) is 5.69 Å². The molecule has 0 aromatic heterocycles. The van der Waals surface area contributed by atoms with Gasteiger partial charge in [0.15, 0.2) is 0 Å². The predicted molar refractivity (Wildman–Crippen MR) is 47.9 cm³/mol. The minimum atomic E-state index is -1.34. The number of carbonyl (C=O) groups excluding carboxylic acids is 1. The Balaban J connectivity index is 3.37. The second-order valence-corrected chi connectivity index (χ2v) is 3.46. The molecule has 3 nitrogen and oxygen atoms in total. The number of carboxylic acid groups (broad SMARTS) is 1. The quantitative estimate of drug-likeness (QED) is 0.757. The van der Waals surface area contributed by atoms with E-state index in [1.54, 1.807) is 0 Å². The van der Waals surface area contributed by atoms with E-state index in [-0.39, 0.29) is 16.3 Å². The molecule has 0 atom stereocenters. The monoisotopic (exact) mass is 248 g/mol. The number of carbonyl (C=O) groups is 1. The van der Waals surface area contributed by atoms with Crippen LogP contribution in [0.1, 0.15) is 10.4 Å². The van der Waals surface area contributed by atoms with E-state index in [2.05, 4.69) is 15.9 Å². The minimum Gasteiger partial charge on any atom is -0.545 e. The van der Waals surface area contributed by atoms with Crippen molar-refractivity contribution in [3.63, 3.8) is 0 Å². The van der Waals surface area contributed by atoms with E-state index >= 15 is 0 Å². The molecule has 5 heteroatoms. The smallest absolute Gasteiger partial charge is 0.0736 e. The Morgan fingerprint density at radius 3 is 2.67 bits per heavy atom. The lowest BCUT2D eigenvalue weighted by molar-refractivity contribution is -0.254. The van der Waals surface area contributed by atoms with Crippen LogP contribution in [0.25, 0.3) is 0 Å². The maximum Gasteiger partial charge on any atom is 0.0736 e. The minimum absolute atomic E-state index is 0.0277. The largest absolute Gasteiger partial charge is 0.545 e. The zero-order chi connectivity index (χ0) is 9.30. The van der Waals surface area contributed by atoms with Crippen LogP contribution in [0, 0.1) is 0 Å². The number of aromatic carboxylic acids is 1. The van der Waals surface area contributed by atoms with E-state index in [9.17, 15) is 9.90 Å². The van der Waals surface area contributed by atoms with Gasteiger partial charge < -0.3 is 15.6 Å². The van der Waals surface area contributed by atoms with E-state index in [0.717, 1.165) is 0 Å². The van der Waals surface area contributed by atoms with Gasteiger partial charge >= 0.3 is 0 Å². The zero-order valence-corrected chi connectivity index (χ0v) is 8.15. The fraction of sp³-hybridized carbons (Fsp3) is 0. The number of hydrogen-bond donors (Lipinski definition) is 1. The Morgan fingerprint density at radius 1 is 1.58 bits per heavy atom.